The van der Waals surface area contributed by atoms with Crippen molar-refractivity contribution in [1.29, 1.82) is 0 Å². The molecule has 0 radical (unpaired) electrons. The summed E-state index contributed by atoms with van der Waals surface area (Å²) in [5.74, 6) is -0.979. The maximum Gasteiger partial charge on any atom is 0.534 e. The standard InChI is InChI=1S/C10H8F3NO5S/c1-2-4-7-5-3-6-8(14(15)16)9(7)19-20(17,18)10(11,12)13/h2-6H,1H3. The van der Waals surface area contributed by atoms with Crippen LogP contribution in [0.1, 0.15) is 12.5 Å². The number of alkyl halides is 3. The van der Waals surface area contributed by atoms with E-state index in [2.05, 4.69) is 4.18 Å². The molecule has 0 unspecified atom stereocenters. The van der Waals surface area contributed by atoms with E-state index in [1.54, 1.807) is 0 Å². The van der Waals surface area contributed by atoms with Crippen LogP contribution in [0.4, 0.5) is 18.9 Å². The highest BCUT2D eigenvalue weighted by Gasteiger charge is 2.49. The van der Waals surface area contributed by atoms with Gasteiger partial charge in [-0.3, -0.25) is 10.1 Å². The molecule has 6 nitrogen and oxygen atoms in total. The van der Waals surface area contributed by atoms with Gasteiger partial charge >= 0.3 is 21.3 Å². The number of benzene rings is 1. The van der Waals surface area contributed by atoms with Gasteiger partial charge in [0.05, 0.1) is 4.92 Å². The average molecular weight is 311 g/mol. The van der Waals surface area contributed by atoms with E-state index in [4.69, 9.17) is 0 Å². The van der Waals surface area contributed by atoms with Crippen molar-refractivity contribution in [3.05, 3.63) is 40.0 Å². The fourth-order valence-corrected chi connectivity index (χ4v) is 1.74. The van der Waals surface area contributed by atoms with Crippen molar-refractivity contribution >= 4 is 21.9 Å². The third-order valence-electron chi connectivity index (χ3n) is 2.04. The van der Waals surface area contributed by atoms with Gasteiger partial charge in [0.15, 0.2) is 0 Å². The lowest BCUT2D eigenvalue weighted by Crippen LogP contribution is -2.28. The number of hydrogen-bond acceptors (Lipinski definition) is 5. The molecule has 1 aromatic carbocycles. The Kier molecular flexibility index (Phi) is 4.38. The van der Waals surface area contributed by atoms with Crippen LogP contribution in [0.5, 0.6) is 5.75 Å². The van der Waals surface area contributed by atoms with E-state index >= 15 is 0 Å². The average Bonchev–Trinajstić information content (AvgIpc) is 2.29. The molecule has 0 amide bonds. The second-order valence-electron chi connectivity index (χ2n) is 3.44. The Morgan fingerprint density at radius 1 is 1.35 bits per heavy atom. The van der Waals surface area contributed by atoms with Gasteiger partial charge in [-0.15, -0.1) is 0 Å². The highest BCUT2D eigenvalue weighted by Crippen LogP contribution is 2.36. The topological polar surface area (TPSA) is 86.5 Å². The van der Waals surface area contributed by atoms with Crippen molar-refractivity contribution < 1.29 is 30.7 Å². The summed E-state index contributed by atoms with van der Waals surface area (Å²) in [7, 11) is -5.99. The molecule has 1 aromatic rings. The van der Waals surface area contributed by atoms with Gasteiger partial charge < -0.3 is 4.18 Å². The van der Waals surface area contributed by atoms with E-state index in [1.165, 1.54) is 31.2 Å². The summed E-state index contributed by atoms with van der Waals surface area (Å²) in [5.41, 5.74) is -6.72. The molecule has 0 aliphatic carbocycles. The number of allylic oxidation sites excluding steroid dienone is 1. The number of hydrogen-bond donors (Lipinski definition) is 0. The lowest BCUT2D eigenvalue weighted by atomic mass is 10.1. The van der Waals surface area contributed by atoms with Crippen molar-refractivity contribution in [2.45, 2.75) is 12.4 Å². The molecule has 0 N–H and O–H groups in total. The lowest BCUT2D eigenvalue weighted by Gasteiger charge is -2.11. The number of nitrogens with zero attached hydrogens (tertiary/aromatic N) is 1. The molecular weight excluding hydrogens is 303 g/mol. The molecule has 0 aliphatic heterocycles. The molecule has 0 bridgehead atoms. The van der Waals surface area contributed by atoms with Gasteiger partial charge in [0.25, 0.3) is 0 Å². The van der Waals surface area contributed by atoms with Crippen LogP contribution in [0.2, 0.25) is 0 Å². The van der Waals surface area contributed by atoms with E-state index in [9.17, 15) is 31.7 Å². The second-order valence-corrected chi connectivity index (χ2v) is 4.97. The molecule has 10 heteroatoms. The molecule has 110 valence electrons. The fraction of sp³-hybridized carbons (Fsp3) is 0.200. The van der Waals surface area contributed by atoms with Crippen molar-refractivity contribution in [3.8, 4) is 5.75 Å². The Balaban J connectivity index is 3.46. The predicted octanol–water partition coefficient (Wildman–Crippen LogP) is 2.86. The molecule has 0 saturated carbocycles. The Bertz CT molecular complexity index is 651. The maximum atomic E-state index is 12.3. The minimum Gasteiger partial charge on any atom is -0.368 e. The molecule has 0 aliphatic rings. The largest absolute Gasteiger partial charge is 0.534 e. The van der Waals surface area contributed by atoms with Crippen molar-refractivity contribution in [2.24, 2.45) is 0 Å². The quantitative estimate of drug-likeness (QED) is 0.369. The van der Waals surface area contributed by atoms with Gasteiger partial charge in [-0.05, 0) is 6.92 Å². The molecule has 0 atom stereocenters. The van der Waals surface area contributed by atoms with Gasteiger partial charge in [0, 0.05) is 11.6 Å². The zero-order valence-corrected chi connectivity index (χ0v) is 10.7. The van der Waals surface area contributed by atoms with E-state index in [1.807, 2.05) is 0 Å². The number of rotatable bonds is 4. The number of nitro benzene ring substituents is 1. The monoisotopic (exact) mass is 311 g/mol. The smallest absolute Gasteiger partial charge is 0.368 e. The summed E-state index contributed by atoms with van der Waals surface area (Å²) >= 11 is 0. The van der Waals surface area contributed by atoms with Gasteiger partial charge in [0.1, 0.15) is 0 Å². The number of para-hydroxylation sites is 1. The van der Waals surface area contributed by atoms with Gasteiger partial charge in [0.2, 0.25) is 5.75 Å². The molecule has 0 aromatic heterocycles. The van der Waals surface area contributed by atoms with E-state index < -0.39 is 32.0 Å². The SMILES string of the molecule is CC=Cc1cccc([N+](=O)[O-])c1OS(=O)(=O)C(F)(F)F. The number of nitro groups is 1. The molecule has 20 heavy (non-hydrogen) atoms. The minimum atomic E-state index is -5.99. The Morgan fingerprint density at radius 2 is 1.95 bits per heavy atom. The fourth-order valence-electron chi connectivity index (χ4n) is 1.24. The summed E-state index contributed by atoms with van der Waals surface area (Å²) in [6.45, 7) is 1.50. The van der Waals surface area contributed by atoms with Crippen LogP contribution in [0.3, 0.4) is 0 Å². The predicted molar refractivity (Wildman–Crippen MR) is 63.4 cm³/mol. The van der Waals surface area contributed by atoms with Crippen LogP contribution >= 0.6 is 0 Å². The third-order valence-corrected chi connectivity index (χ3v) is 3.00. The van der Waals surface area contributed by atoms with Gasteiger partial charge in [-0.2, -0.15) is 21.6 Å². The Labute approximate surface area is 111 Å². The molecule has 0 spiro atoms. The highest BCUT2D eigenvalue weighted by molar-refractivity contribution is 7.88. The number of halogens is 3. The summed E-state index contributed by atoms with van der Waals surface area (Å²) in [4.78, 5) is 9.71. The molecule has 0 saturated heterocycles. The molecule has 0 fully saturated rings. The normalized spacial score (nSPS) is 12.6. The van der Waals surface area contributed by atoms with Crippen molar-refractivity contribution in [3.63, 3.8) is 0 Å². The summed E-state index contributed by atoms with van der Waals surface area (Å²) in [6.07, 6.45) is 2.56. The first-order valence-electron chi connectivity index (χ1n) is 5.01. The zero-order valence-electron chi connectivity index (χ0n) is 9.92. The summed E-state index contributed by atoms with van der Waals surface area (Å²) in [6, 6.07) is 3.23. The van der Waals surface area contributed by atoms with Gasteiger partial charge in [-0.25, -0.2) is 0 Å². The van der Waals surface area contributed by atoms with Crippen LogP contribution in [0.25, 0.3) is 6.08 Å². The van der Waals surface area contributed by atoms with Crippen LogP contribution in [0.15, 0.2) is 24.3 Å². The zero-order chi connectivity index (χ0) is 15.6. The van der Waals surface area contributed by atoms with Crippen molar-refractivity contribution in [2.75, 3.05) is 0 Å². The van der Waals surface area contributed by atoms with Crippen LogP contribution in [0, 0.1) is 10.1 Å². The Morgan fingerprint density at radius 3 is 2.40 bits per heavy atom. The third kappa shape index (κ3) is 3.26. The highest BCUT2D eigenvalue weighted by atomic mass is 32.2. The van der Waals surface area contributed by atoms with E-state index in [-0.39, 0.29) is 5.56 Å². The first-order chi connectivity index (χ1) is 9.10. The minimum absolute atomic E-state index is 0.158. The van der Waals surface area contributed by atoms with E-state index in [0.717, 1.165) is 6.07 Å². The molecular formula is C10H8F3NO5S. The maximum absolute atomic E-state index is 12.3. The summed E-state index contributed by atoms with van der Waals surface area (Å²) < 4.78 is 62.6. The van der Waals surface area contributed by atoms with E-state index in [0.29, 0.717) is 0 Å². The van der Waals surface area contributed by atoms with Gasteiger partial charge in [-0.1, -0.05) is 24.3 Å². The van der Waals surface area contributed by atoms with Crippen LogP contribution < -0.4 is 4.18 Å². The summed E-state index contributed by atoms with van der Waals surface area (Å²) in [5, 5.41) is 10.7. The molecule has 0 heterocycles. The first-order valence-corrected chi connectivity index (χ1v) is 6.42. The van der Waals surface area contributed by atoms with Crippen LogP contribution in [-0.2, 0) is 10.1 Å². The second kappa shape index (κ2) is 5.49. The molecule has 1 rings (SSSR count). The van der Waals surface area contributed by atoms with Crippen LogP contribution in [-0.4, -0.2) is 18.8 Å². The lowest BCUT2D eigenvalue weighted by molar-refractivity contribution is -0.385. The Hall–Kier alpha value is -2.10. The van der Waals surface area contributed by atoms with Crippen molar-refractivity contribution in [1.82, 2.24) is 0 Å². The first kappa shape index (κ1) is 16.0.